The molecule has 1 heterocycles. The predicted molar refractivity (Wildman–Crippen MR) is 100 cm³/mol. The zero-order valence-corrected chi connectivity index (χ0v) is 14.3. The summed E-state index contributed by atoms with van der Waals surface area (Å²) in [6.45, 7) is 0. The number of nitro groups is 1. The van der Waals surface area contributed by atoms with Crippen molar-refractivity contribution in [1.29, 1.82) is 5.26 Å². The van der Waals surface area contributed by atoms with E-state index in [1.54, 1.807) is 24.3 Å². The number of aromatic nitrogens is 2. The van der Waals surface area contributed by atoms with Gasteiger partial charge in [0.2, 0.25) is 0 Å². The molecule has 0 bridgehead atoms. The van der Waals surface area contributed by atoms with Crippen LogP contribution in [0.4, 0.5) is 23.0 Å². The number of hydrogen-bond donors (Lipinski definition) is 3. The first-order chi connectivity index (χ1) is 13.0. The quantitative estimate of drug-likeness (QED) is 0.345. The molecule has 0 aliphatic rings. The van der Waals surface area contributed by atoms with Crippen LogP contribution in [-0.2, 0) is 0 Å². The lowest BCUT2D eigenvalue weighted by Crippen LogP contribution is -1.92. The molecule has 3 N–H and O–H groups in total. The largest absolute Gasteiger partial charge is 0.502 e. The number of hydrogen-bond acceptors (Lipinski definition) is 7. The Kier molecular flexibility index (Phi) is 5.01. The van der Waals surface area contributed by atoms with Gasteiger partial charge in [-0.3, -0.25) is 15.2 Å². The van der Waals surface area contributed by atoms with Crippen LogP contribution in [0.3, 0.4) is 0 Å². The Labute approximate surface area is 157 Å². The second-order valence-corrected chi connectivity index (χ2v) is 5.74. The highest BCUT2D eigenvalue weighted by Crippen LogP contribution is 2.28. The number of nitrogens with one attached hydrogen (secondary N) is 2. The van der Waals surface area contributed by atoms with Gasteiger partial charge in [-0.15, -0.1) is 0 Å². The van der Waals surface area contributed by atoms with Gasteiger partial charge < -0.3 is 10.4 Å². The fourth-order valence-electron chi connectivity index (χ4n) is 2.23. The second-order valence-electron chi connectivity index (χ2n) is 5.31. The number of aromatic hydroxyl groups is 1. The third kappa shape index (κ3) is 4.02. The zero-order valence-electron chi connectivity index (χ0n) is 13.5. The van der Waals surface area contributed by atoms with Gasteiger partial charge >= 0.3 is 5.69 Å². The number of anilines is 2. The molecule has 0 saturated heterocycles. The first-order valence-corrected chi connectivity index (χ1v) is 7.88. The summed E-state index contributed by atoms with van der Waals surface area (Å²) < 4.78 is 0. The van der Waals surface area contributed by atoms with Crippen molar-refractivity contribution in [2.24, 2.45) is 4.99 Å². The number of nitriles is 1. The minimum atomic E-state index is -0.698. The summed E-state index contributed by atoms with van der Waals surface area (Å²) in [5.41, 5.74) is 0.754. The maximum absolute atomic E-state index is 10.9. The van der Waals surface area contributed by atoms with Gasteiger partial charge in [-0.05, 0) is 35.9 Å². The van der Waals surface area contributed by atoms with Crippen LogP contribution in [0.25, 0.3) is 0 Å². The average molecular weight is 383 g/mol. The van der Waals surface area contributed by atoms with E-state index in [1.165, 1.54) is 24.4 Å². The third-order valence-electron chi connectivity index (χ3n) is 3.49. The van der Waals surface area contributed by atoms with E-state index in [0.29, 0.717) is 16.3 Å². The molecule has 0 fully saturated rings. The average Bonchev–Trinajstić information content (AvgIpc) is 3.02. The molecule has 1 aromatic heterocycles. The normalized spacial score (nSPS) is 10.7. The molecule has 0 amide bonds. The first-order valence-electron chi connectivity index (χ1n) is 7.50. The molecule has 3 rings (SSSR count). The van der Waals surface area contributed by atoms with Crippen LogP contribution in [0.15, 0.2) is 47.5 Å². The maximum atomic E-state index is 10.9. The van der Waals surface area contributed by atoms with Gasteiger partial charge in [0.15, 0.2) is 17.4 Å². The predicted octanol–water partition coefficient (Wildman–Crippen LogP) is 4.04. The molecular formula is C17H11ClN6O3. The number of phenolic OH excluding ortho intramolecular Hbond substituents is 1. The van der Waals surface area contributed by atoms with E-state index >= 15 is 0 Å². The van der Waals surface area contributed by atoms with Gasteiger partial charge in [-0.1, -0.05) is 17.7 Å². The Bertz CT molecular complexity index is 1090. The first kappa shape index (κ1) is 17.9. The summed E-state index contributed by atoms with van der Waals surface area (Å²) in [6, 6.07) is 12.7. The Morgan fingerprint density at radius 3 is 2.89 bits per heavy atom. The van der Waals surface area contributed by atoms with Crippen molar-refractivity contribution in [3.63, 3.8) is 0 Å². The number of nitrogens with zero attached hydrogens (tertiary/aromatic N) is 4. The van der Waals surface area contributed by atoms with Crippen molar-refractivity contribution in [2.75, 3.05) is 5.32 Å². The van der Waals surface area contributed by atoms with E-state index in [1.807, 2.05) is 6.07 Å². The van der Waals surface area contributed by atoms with Crippen LogP contribution < -0.4 is 5.32 Å². The van der Waals surface area contributed by atoms with Gasteiger partial charge in [0.1, 0.15) is 11.6 Å². The number of aromatic amines is 1. The molecular weight excluding hydrogens is 372 g/mol. The molecule has 0 aliphatic carbocycles. The summed E-state index contributed by atoms with van der Waals surface area (Å²) in [5, 5.41) is 39.9. The Morgan fingerprint density at radius 1 is 1.37 bits per heavy atom. The molecule has 9 nitrogen and oxygen atoms in total. The number of rotatable bonds is 5. The lowest BCUT2D eigenvalue weighted by atomic mass is 10.2. The van der Waals surface area contributed by atoms with E-state index in [4.69, 9.17) is 11.6 Å². The monoisotopic (exact) mass is 382 g/mol. The van der Waals surface area contributed by atoms with Gasteiger partial charge in [0.25, 0.3) is 0 Å². The fourth-order valence-corrected chi connectivity index (χ4v) is 2.42. The van der Waals surface area contributed by atoms with Gasteiger partial charge in [-0.2, -0.15) is 10.4 Å². The van der Waals surface area contributed by atoms with Crippen LogP contribution in [0.5, 0.6) is 5.75 Å². The highest BCUT2D eigenvalue weighted by atomic mass is 35.5. The highest BCUT2D eigenvalue weighted by molar-refractivity contribution is 6.30. The van der Waals surface area contributed by atoms with Crippen LogP contribution >= 0.6 is 11.6 Å². The summed E-state index contributed by atoms with van der Waals surface area (Å²) in [6.07, 6.45) is 1.32. The minimum Gasteiger partial charge on any atom is -0.502 e. The van der Waals surface area contributed by atoms with E-state index in [-0.39, 0.29) is 17.2 Å². The molecule has 134 valence electrons. The molecule has 0 spiro atoms. The van der Waals surface area contributed by atoms with Crippen LogP contribution in [-0.4, -0.2) is 26.4 Å². The lowest BCUT2D eigenvalue weighted by molar-refractivity contribution is -0.385. The third-order valence-corrected chi connectivity index (χ3v) is 3.72. The summed E-state index contributed by atoms with van der Waals surface area (Å²) in [5.74, 6) is 0.00534. The van der Waals surface area contributed by atoms with Gasteiger partial charge in [0, 0.05) is 23.0 Å². The van der Waals surface area contributed by atoms with E-state index in [2.05, 4.69) is 20.5 Å². The molecule has 0 atom stereocenters. The smallest absolute Gasteiger partial charge is 0.311 e. The summed E-state index contributed by atoms with van der Waals surface area (Å²) in [4.78, 5) is 14.3. The molecule has 0 unspecified atom stereocenters. The number of nitro benzene ring substituents is 1. The van der Waals surface area contributed by atoms with Crippen molar-refractivity contribution >= 4 is 40.8 Å². The Morgan fingerprint density at radius 2 is 2.19 bits per heavy atom. The minimum absolute atomic E-state index is 0.166. The molecule has 10 heteroatoms. The van der Waals surface area contributed by atoms with Crippen LogP contribution in [0.1, 0.15) is 11.1 Å². The number of phenols is 1. The Balaban J connectivity index is 1.87. The van der Waals surface area contributed by atoms with Crippen molar-refractivity contribution in [3.8, 4) is 11.8 Å². The van der Waals surface area contributed by atoms with E-state index in [0.717, 1.165) is 0 Å². The topological polar surface area (TPSA) is 140 Å². The second kappa shape index (κ2) is 7.55. The van der Waals surface area contributed by atoms with Crippen molar-refractivity contribution in [3.05, 3.63) is 68.7 Å². The summed E-state index contributed by atoms with van der Waals surface area (Å²) in [7, 11) is 0. The number of halogens is 1. The van der Waals surface area contributed by atoms with E-state index in [9.17, 15) is 20.5 Å². The van der Waals surface area contributed by atoms with Gasteiger partial charge in [0.05, 0.1) is 4.92 Å². The zero-order chi connectivity index (χ0) is 19.4. The fraction of sp³-hybridized carbons (Fsp3) is 0. The van der Waals surface area contributed by atoms with E-state index < -0.39 is 16.4 Å². The molecule has 3 aromatic rings. The molecule has 27 heavy (non-hydrogen) atoms. The van der Waals surface area contributed by atoms with Crippen LogP contribution in [0, 0.1) is 21.4 Å². The molecule has 0 radical (unpaired) electrons. The SMILES string of the molecule is N#Cc1c(Nc2cccc(Cl)c2)n[nH]c1N=Cc1ccc(O)c([N+](=O)[O-])c1. The molecule has 2 aromatic carbocycles. The molecule has 0 saturated carbocycles. The van der Waals surface area contributed by atoms with Gasteiger partial charge in [-0.25, -0.2) is 4.99 Å². The summed E-state index contributed by atoms with van der Waals surface area (Å²) >= 11 is 5.93. The maximum Gasteiger partial charge on any atom is 0.311 e. The number of benzene rings is 2. The number of aliphatic imine (C=N–C) groups is 1. The van der Waals surface area contributed by atoms with Crippen molar-refractivity contribution in [2.45, 2.75) is 0 Å². The van der Waals surface area contributed by atoms with Crippen LogP contribution in [0.2, 0.25) is 5.02 Å². The number of H-pyrrole nitrogens is 1. The Hall–Kier alpha value is -3.90. The highest BCUT2D eigenvalue weighted by Gasteiger charge is 2.14. The lowest BCUT2D eigenvalue weighted by Gasteiger charge is -2.03. The standard InChI is InChI=1S/C17H11ClN6O3/c18-11-2-1-3-12(7-11)21-17-13(8-19)16(22-23-17)20-9-10-4-5-15(25)14(6-10)24(26)27/h1-7,9,25H,(H2,21,22,23). The van der Waals surface area contributed by atoms with Crippen molar-refractivity contribution in [1.82, 2.24) is 10.2 Å². The molecule has 0 aliphatic heterocycles. The van der Waals surface area contributed by atoms with Crippen molar-refractivity contribution < 1.29 is 10.0 Å².